The third-order valence-electron chi connectivity index (χ3n) is 6.15. The van der Waals surface area contributed by atoms with Gasteiger partial charge in [-0.15, -0.1) is 0 Å². The first kappa shape index (κ1) is 35.5. The number of guanidine groups is 1. The van der Waals surface area contributed by atoms with Crippen LogP contribution < -0.4 is 44.2 Å². The molecule has 14 N–H and O–H groups in total. The molecule has 236 valence electrons. The number of primary amides is 1. The summed E-state index contributed by atoms with van der Waals surface area (Å²) < 4.78 is 0. The van der Waals surface area contributed by atoms with Crippen molar-refractivity contribution in [1.29, 1.82) is 0 Å². The average Bonchev–Trinajstić information content (AvgIpc) is 3.43. The van der Waals surface area contributed by atoms with E-state index in [2.05, 4.69) is 26.3 Å². The molecule has 1 aliphatic heterocycles. The predicted octanol–water partition coefficient (Wildman–Crippen LogP) is -6.10. The lowest BCUT2D eigenvalue weighted by Gasteiger charge is -2.27. The zero-order valence-electron chi connectivity index (χ0n) is 23.0. The summed E-state index contributed by atoms with van der Waals surface area (Å²) in [6.45, 7) is -1.60. The van der Waals surface area contributed by atoms with E-state index in [4.69, 9.17) is 22.9 Å². The van der Waals surface area contributed by atoms with Gasteiger partial charge in [0.15, 0.2) is 5.96 Å². The molecule has 19 heteroatoms. The Morgan fingerprint density at radius 1 is 0.905 bits per heavy atom. The van der Waals surface area contributed by atoms with Crippen LogP contribution in [0.15, 0.2) is 4.99 Å². The number of likely N-dealkylation sites (tertiary alicyclic amines) is 1. The van der Waals surface area contributed by atoms with Gasteiger partial charge in [0.1, 0.15) is 24.2 Å². The van der Waals surface area contributed by atoms with E-state index in [1.807, 2.05) is 0 Å². The number of aliphatic imine (C=N–C) groups is 1. The molecule has 0 saturated carbocycles. The van der Waals surface area contributed by atoms with Gasteiger partial charge in [-0.05, 0) is 32.1 Å². The molecule has 1 aliphatic rings. The van der Waals surface area contributed by atoms with Crippen LogP contribution in [0.3, 0.4) is 0 Å². The quantitative estimate of drug-likeness (QED) is 0.0399. The van der Waals surface area contributed by atoms with Crippen molar-refractivity contribution < 1.29 is 43.8 Å². The van der Waals surface area contributed by atoms with Gasteiger partial charge >= 0.3 is 5.97 Å². The molecule has 0 aromatic rings. The highest BCUT2D eigenvalue weighted by Gasteiger charge is 2.38. The Morgan fingerprint density at radius 3 is 2.12 bits per heavy atom. The number of nitrogens with two attached hydrogens (primary N) is 4. The van der Waals surface area contributed by atoms with E-state index in [9.17, 15) is 43.8 Å². The minimum absolute atomic E-state index is 0.107. The van der Waals surface area contributed by atoms with Gasteiger partial charge in [-0.3, -0.25) is 33.8 Å². The number of hydrogen-bond acceptors (Lipinski definition) is 10. The molecule has 1 rings (SSSR count). The fourth-order valence-electron chi connectivity index (χ4n) is 4.06. The van der Waals surface area contributed by atoms with Crippen LogP contribution in [0, 0.1) is 0 Å². The molecule has 0 spiro atoms. The van der Waals surface area contributed by atoms with Crippen LogP contribution in [-0.4, -0.2) is 119 Å². The van der Waals surface area contributed by atoms with Crippen molar-refractivity contribution in [2.75, 3.05) is 32.8 Å². The Morgan fingerprint density at radius 2 is 1.55 bits per heavy atom. The first-order valence-electron chi connectivity index (χ1n) is 13.1. The number of aliphatic hydroxyl groups excluding tert-OH is 1. The van der Waals surface area contributed by atoms with E-state index in [1.54, 1.807) is 0 Å². The van der Waals surface area contributed by atoms with E-state index in [-0.39, 0.29) is 51.3 Å². The first-order chi connectivity index (χ1) is 19.8. The van der Waals surface area contributed by atoms with Crippen LogP contribution in [0.5, 0.6) is 0 Å². The average molecular weight is 601 g/mol. The van der Waals surface area contributed by atoms with Gasteiger partial charge in [0.2, 0.25) is 35.4 Å². The summed E-state index contributed by atoms with van der Waals surface area (Å²) in [7, 11) is 0. The number of hydrogen-bond donors (Lipinski definition) is 10. The minimum atomic E-state index is -1.52. The minimum Gasteiger partial charge on any atom is -0.480 e. The highest BCUT2D eigenvalue weighted by Crippen LogP contribution is 2.18. The largest absolute Gasteiger partial charge is 0.480 e. The molecular formula is C23H40N10O9. The molecule has 0 unspecified atom stereocenters. The van der Waals surface area contributed by atoms with Crippen LogP contribution >= 0.6 is 0 Å². The molecule has 1 heterocycles. The monoisotopic (exact) mass is 600 g/mol. The smallest absolute Gasteiger partial charge is 0.326 e. The second kappa shape index (κ2) is 18.0. The molecule has 1 fully saturated rings. The summed E-state index contributed by atoms with van der Waals surface area (Å²) in [4.78, 5) is 90.3. The van der Waals surface area contributed by atoms with E-state index in [0.29, 0.717) is 12.8 Å². The standard InChI is InChI=1S/C23H40N10O9/c24-9-17(36)30-12(3-1-7-28-23(26)27)19(38)29-10-18(37)31-13(5-6-16(25)35)20(39)32-14(11-34)21(40)33-8-2-4-15(33)22(41)42/h12-15,34H,1-11,24H2,(H2,25,35)(H,29,38)(H,30,36)(H,31,37)(H,32,39)(H,41,42)(H4,26,27,28)/t12-,13-,14-,15-/m0/s1. The fraction of sp³-hybridized carbons (Fsp3) is 0.652. The van der Waals surface area contributed by atoms with Gasteiger partial charge in [0.05, 0.1) is 19.7 Å². The van der Waals surface area contributed by atoms with Crippen LogP contribution in [0.4, 0.5) is 0 Å². The number of carbonyl (C=O) groups excluding carboxylic acids is 6. The second-order valence-electron chi connectivity index (χ2n) is 9.39. The summed E-state index contributed by atoms with van der Waals surface area (Å²) in [5.74, 6) is -6.17. The van der Waals surface area contributed by atoms with Gasteiger partial charge in [-0.25, -0.2) is 4.79 Å². The molecule has 0 aromatic carbocycles. The number of carbonyl (C=O) groups is 7. The molecule has 4 atom stereocenters. The Hall–Kier alpha value is -4.52. The van der Waals surface area contributed by atoms with Crippen molar-refractivity contribution in [3.05, 3.63) is 0 Å². The predicted molar refractivity (Wildman–Crippen MR) is 146 cm³/mol. The maximum atomic E-state index is 12.9. The number of aliphatic carboxylic acids is 1. The number of carboxylic acid groups (broad SMARTS) is 1. The Bertz CT molecular complexity index is 1030. The third-order valence-corrected chi connectivity index (χ3v) is 6.15. The Balaban J connectivity index is 2.85. The molecule has 0 radical (unpaired) electrons. The summed E-state index contributed by atoms with van der Waals surface area (Å²) >= 11 is 0. The summed E-state index contributed by atoms with van der Waals surface area (Å²) in [5, 5.41) is 28.4. The summed E-state index contributed by atoms with van der Waals surface area (Å²) in [6.07, 6.45) is 0.426. The van der Waals surface area contributed by atoms with E-state index < -0.39 is 78.7 Å². The number of rotatable bonds is 18. The number of carboxylic acids is 1. The lowest BCUT2D eigenvalue weighted by atomic mass is 10.1. The first-order valence-corrected chi connectivity index (χ1v) is 13.1. The Labute approximate surface area is 241 Å². The number of amides is 6. The van der Waals surface area contributed by atoms with E-state index in [1.165, 1.54) is 0 Å². The van der Waals surface area contributed by atoms with E-state index >= 15 is 0 Å². The molecular weight excluding hydrogens is 560 g/mol. The number of nitrogens with zero attached hydrogens (tertiary/aromatic N) is 2. The van der Waals surface area contributed by atoms with Crippen molar-refractivity contribution in [3.63, 3.8) is 0 Å². The van der Waals surface area contributed by atoms with Crippen molar-refractivity contribution in [1.82, 2.24) is 26.2 Å². The van der Waals surface area contributed by atoms with Gasteiger partial charge in [0.25, 0.3) is 0 Å². The van der Waals surface area contributed by atoms with Crippen LogP contribution in [0.25, 0.3) is 0 Å². The van der Waals surface area contributed by atoms with Crippen LogP contribution in [0.1, 0.15) is 38.5 Å². The second-order valence-corrected chi connectivity index (χ2v) is 9.39. The Kier molecular flexibility index (Phi) is 15.2. The normalized spacial score (nSPS) is 16.3. The number of nitrogens with one attached hydrogen (secondary N) is 4. The zero-order chi connectivity index (χ0) is 31.8. The van der Waals surface area contributed by atoms with Crippen molar-refractivity contribution in [3.8, 4) is 0 Å². The summed E-state index contributed by atoms with van der Waals surface area (Å²) in [6, 6.07) is -5.11. The molecule has 1 saturated heterocycles. The molecule has 0 bridgehead atoms. The van der Waals surface area contributed by atoms with Crippen LogP contribution in [-0.2, 0) is 33.6 Å². The summed E-state index contributed by atoms with van der Waals surface area (Å²) in [5.41, 5.74) is 21.0. The van der Waals surface area contributed by atoms with Gasteiger partial charge in [-0.2, -0.15) is 0 Å². The highest BCUT2D eigenvalue weighted by atomic mass is 16.4. The molecule has 19 nitrogen and oxygen atoms in total. The molecule has 0 aliphatic carbocycles. The fourth-order valence-corrected chi connectivity index (χ4v) is 4.06. The molecule has 6 amide bonds. The zero-order valence-corrected chi connectivity index (χ0v) is 23.0. The highest BCUT2D eigenvalue weighted by molar-refractivity contribution is 5.95. The van der Waals surface area contributed by atoms with E-state index in [0.717, 1.165) is 4.90 Å². The molecule has 42 heavy (non-hydrogen) atoms. The van der Waals surface area contributed by atoms with Gasteiger partial charge < -0.3 is 59.3 Å². The van der Waals surface area contributed by atoms with Gasteiger partial charge in [-0.1, -0.05) is 0 Å². The SMILES string of the molecule is NCC(=O)N[C@@H](CCCN=C(N)N)C(=O)NCC(=O)N[C@@H](CCC(N)=O)C(=O)N[C@@H](CO)C(=O)N1CCC[C@H]1C(=O)O. The maximum Gasteiger partial charge on any atom is 0.326 e. The number of aliphatic hydroxyl groups is 1. The topological polar surface area (TPSA) is 328 Å². The maximum absolute atomic E-state index is 12.9. The van der Waals surface area contributed by atoms with Gasteiger partial charge in [0, 0.05) is 19.5 Å². The van der Waals surface area contributed by atoms with Crippen molar-refractivity contribution in [2.24, 2.45) is 27.9 Å². The lowest BCUT2D eigenvalue weighted by molar-refractivity contribution is -0.150. The lowest BCUT2D eigenvalue weighted by Crippen LogP contribution is -2.58. The van der Waals surface area contributed by atoms with Crippen LogP contribution in [0.2, 0.25) is 0 Å². The van der Waals surface area contributed by atoms with Crippen molar-refractivity contribution in [2.45, 2.75) is 62.7 Å². The molecule has 0 aromatic heterocycles. The third kappa shape index (κ3) is 12.3. The van der Waals surface area contributed by atoms with Crippen molar-refractivity contribution >= 4 is 47.4 Å².